The van der Waals surface area contributed by atoms with Crippen molar-refractivity contribution >= 4 is 12.2 Å². The molecular weight excluding hydrogens is 294 g/mol. The number of aldehydes is 1. The monoisotopic (exact) mass is 327 g/mol. The van der Waals surface area contributed by atoms with Crippen molar-refractivity contribution in [3.8, 4) is 0 Å². The Kier molecular flexibility index (Phi) is 9.87. The Balaban J connectivity index is 0.000000816. The van der Waals surface area contributed by atoms with E-state index in [4.69, 9.17) is 14.4 Å². The lowest BCUT2D eigenvalue weighted by Gasteiger charge is -2.33. The second-order valence-corrected chi connectivity index (χ2v) is 6.39. The van der Waals surface area contributed by atoms with Gasteiger partial charge in [0.15, 0.2) is 6.61 Å². The SMILES string of the molecule is CC=O.CCCCN(C)CC1CON=C(C2CCN(C)CC2)O1. The molecule has 1 atom stereocenters. The summed E-state index contributed by atoms with van der Waals surface area (Å²) >= 11 is 0. The summed E-state index contributed by atoms with van der Waals surface area (Å²) in [4.78, 5) is 18.9. The summed E-state index contributed by atoms with van der Waals surface area (Å²) in [5, 5.41) is 4.16. The fraction of sp³-hybridized carbons (Fsp3) is 0.882. The number of carbonyl (C=O) groups excluding carboxylic acids is 1. The molecule has 2 aliphatic heterocycles. The number of oxime groups is 1. The van der Waals surface area contributed by atoms with Crippen LogP contribution in [0.4, 0.5) is 0 Å². The molecule has 0 aromatic carbocycles. The van der Waals surface area contributed by atoms with Crippen molar-refractivity contribution in [3.63, 3.8) is 0 Å². The number of rotatable bonds is 6. The highest BCUT2D eigenvalue weighted by molar-refractivity contribution is 5.78. The maximum absolute atomic E-state index is 8.81. The third kappa shape index (κ3) is 7.79. The van der Waals surface area contributed by atoms with Gasteiger partial charge in [-0.25, -0.2) is 0 Å². The maximum Gasteiger partial charge on any atom is 0.229 e. The summed E-state index contributed by atoms with van der Waals surface area (Å²) in [5.41, 5.74) is 0. The van der Waals surface area contributed by atoms with E-state index in [9.17, 15) is 0 Å². The lowest BCUT2D eigenvalue weighted by molar-refractivity contribution is -0.106. The zero-order valence-electron chi connectivity index (χ0n) is 15.2. The molecule has 0 aromatic rings. The molecule has 0 saturated carbocycles. The zero-order chi connectivity index (χ0) is 17.1. The topological polar surface area (TPSA) is 54.4 Å². The van der Waals surface area contributed by atoms with Crippen LogP contribution in [0.25, 0.3) is 0 Å². The van der Waals surface area contributed by atoms with Crippen LogP contribution in [0.1, 0.15) is 39.5 Å². The molecule has 0 aliphatic carbocycles. The number of nitrogens with zero attached hydrogens (tertiary/aromatic N) is 3. The molecule has 2 rings (SSSR count). The Morgan fingerprint density at radius 3 is 2.65 bits per heavy atom. The van der Waals surface area contributed by atoms with E-state index in [2.05, 4.69) is 36.0 Å². The first-order chi connectivity index (χ1) is 11.1. The van der Waals surface area contributed by atoms with Gasteiger partial charge < -0.3 is 24.2 Å². The Morgan fingerprint density at radius 1 is 1.39 bits per heavy atom. The van der Waals surface area contributed by atoms with Crippen LogP contribution in [0.3, 0.4) is 0 Å². The molecule has 23 heavy (non-hydrogen) atoms. The predicted molar refractivity (Wildman–Crippen MR) is 92.6 cm³/mol. The first-order valence-corrected chi connectivity index (χ1v) is 8.74. The molecule has 0 aromatic heterocycles. The van der Waals surface area contributed by atoms with Crippen LogP contribution in [0.15, 0.2) is 5.16 Å². The van der Waals surface area contributed by atoms with Crippen LogP contribution in [0, 0.1) is 5.92 Å². The molecule has 6 nitrogen and oxygen atoms in total. The molecule has 0 amide bonds. The van der Waals surface area contributed by atoms with Crippen molar-refractivity contribution in [3.05, 3.63) is 0 Å². The van der Waals surface area contributed by atoms with Gasteiger partial charge in [0.05, 0.1) is 0 Å². The number of likely N-dealkylation sites (N-methyl/N-ethyl adjacent to an activating group) is 1. The van der Waals surface area contributed by atoms with E-state index in [1.54, 1.807) is 0 Å². The van der Waals surface area contributed by atoms with Gasteiger partial charge in [-0.3, -0.25) is 0 Å². The van der Waals surface area contributed by atoms with Gasteiger partial charge in [-0.05, 0) is 59.9 Å². The summed E-state index contributed by atoms with van der Waals surface area (Å²) in [6.07, 6.45) is 5.59. The number of unbranched alkanes of at least 4 members (excludes halogenated alkanes) is 1. The molecule has 6 heteroatoms. The third-order valence-corrected chi connectivity index (χ3v) is 4.18. The smallest absolute Gasteiger partial charge is 0.229 e. The zero-order valence-corrected chi connectivity index (χ0v) is 15.2. The van der Waals surface area contributed by atoms with Crippen LogP contribution in [0.2, 0.25) is 0 Å². The summed E-state index contributed by atoms with van der Waals surface area (Å²) in [7, 11) is 4.32. The maximum atomic E-state index is 8.81. The van der Waals surface area contributed by atoms with Gasteiger partial charge in [0.1, 0.15) is 12.4 Å². The number of carbonyl (C=O) groups is 1. The summed E-state index contributed by atoms with van der Waals surface area (Å²) < 4.78 is 6.08. The number of ether oxygens (including phenoxy) is 1. The van der Waals surface area contributed by atoms with Crippen molar-refractivity contribution in [1.82, 2.24) is 9.80 Å². The highest BCUT2D eigenvalue weighted by Crippen LogP contribution is 2.21. The van der Waals surface area contributed by atoms with Crippen molar-refractivity contribution in [2.75, 3.05) is 46.9 Å². The average molecular weight is 327 g/mol. The van der Waals surface area contributed by atoms with Gasteiger partial charge in [0, 0.05) is 12.5 Å². The Labute approximate surface area is 140 Å². The minimum absolute atomic E-state index is 0.129. The van der Waals surface area contributed by atoms with E-state index >= 15 is 0 Å². The third-order valence-electron chi connectivity index (χ3n) is 4.18. The minimum Gasteiger partial charge on any atom is -0.470 e. The normalized spacial score (nSPS) is 22.5. The largest absolute Gasteiger partial charge is 0.470 e. The molecule has 0 radical (unpaired) electrons. The second-order valence-electron chi connectivity index (χ2n) is 6.39. The molecule has 0 bridgehead atoms. The van der Waals surface area contributed by atoms with E-state index in [0.29, 0.717) is 12.5 Å². The van der Waals surface area contributed by atoms with Crippen LogP contribution in [0.5, 0.6) is 0 Å². The fourth-order valence-electron chi connectivity index (χ4n) is 2.79. The molecule has 0 N–H and O–H groups in total. The van der Waals surface area contributed by atoms with Gasteiger partial charge in [-0.15, -0.1) is 0 Å². The molecular formula is C17H33N3O3. The van der Waals surface area contributed by atoms with Gasteiger partial charge in [-0.2, -0.15) is 0 Å². The average Bonchev–Trinajstić information content (AvgIpc) is 2.54. The molecule has 134 valence electrons. The van der Waals surface area contributed by atoms with Crippen molar-refractivity contribution in [1.29, 1.82) is 0 Å². The van der Waals surface area contributed by atoms with E-state index in [1.165, 1.54) is 19.8 Å². The number of likely N-dealkylation sites (tertiary alicyclic amines) is 1. The van der Waals surface area contributed by atoms with Gasteiger partial charge in [0.25, 0.3) is 0 Å². The Bertz CT molecular complexity index is 355. The molecule has 0 spiro atoms. The highest BCUT2D eigenvalue weighted by Gasteiger charge is 2.29. The van der Waals surface area contributed by atoms with Crippen molar-refractivity contribution in [2.45, 2.75) is 45.6 Å². The van der Waals surface area contributed by atoms with Gasteiger partial charge >= 0.3 is 0 Å². The van der Waals surface area contributed by atoms with Crippen molar-refractivity contribution < 1.29 is 14.4 Å². The summed E-state index contributed by atoms with van der Waals surface area (Å²) in [5.74, 6) is 1.27. The second kappa shape index (κ2) is 11.4. The molecule has 2 aliphatic rings. The molecule has 2 heterocycles. The number of hydrogen-bond acceptors (Lipinski definition) is 6. The van der Waals surface area contributed by atoms with E-state index < -0.39 is 0 Å². The first-order valence-electron chi connectivity index (χ1n) is 8.74. The molecule has 1 unspecified atom stereocenters. The lowest BCUT2D eigenvalue weighted by atomic mass is 9.97. The van der Waals surface area contributed by atoms with Crippen LogP contribution < -0.4 is 0 Å². The number of hydrogen-bond donors (Lipinski definition) is 0. The quantitative estimate of drug-likeness (QED) is 0.698. The number of piperidine rings is 1. The summed E-state index contributed by atoms with van der Waals surface area (Å²) in [6.45, 7) is 8.52. The summed E-state index contributed by atoms with van der Waals surface area (Å²) in [6, 6.07) is 0. The lowest BCUT2D eigenvalue weighted by Crippen LogP contribution is -2.42. The fourth-order valence-corrected chi connectivity index (χ4v) is 2.79. The molecule has 1 saturated heterocycles. The van der Waals surface area contributed by atoms with Crippen LogP contribution in [-0.4, -0.2) is 75.0 Å². The van der Waals surface area contributed by atoms with E-state index in [0.717, 1.165) is 51.2 Å². The first kappa shape index (κ1) is 19.9. The van der Waals surface area contributed by atoms with Crippen LogP contribution >= 0.6 is 0 Å². The van der Waals surface area contributed by atoms with Crippen LogP contribution in [-0.2, 0) is 14.4 Å². The van der Waals surface area contributed by atoms with E-state index in [1.807, 2.05) is 0 Å². The Hall–Kier alpha value is -1.14. The highest BCUT2D eigenvalue weighted by atomic mass is 16.7. The Morgan fingerprint density at radius 2 is 2.04 bits per heavy atom. The molecule has 1 fully saturated rings. The standard InChI is InChI=1S/C15H29N3O2.C2H4O/c1-4-5-8-18(3)11-14-12-19-16-15(20-14)13-6-9-17(2)10-7-13;1-2-3/h13-14H,4-12H2,1-3H3;2H,1H3. The predicted octanol–water partition coefficient (Wildman–Crippen LogP) is 1.99. The van der Waals surface area contributed by atoms with Gasteiger partial charge in [0.2, 0.25) is 5.90 Å². The van der Waals surface area contributed by atoms with Crippen molar-refractivity contribution in [2.24, 2.45) is 11.1 Å². The van der Waals surface area contributed by atoms with E-state index in [-0.39, 0.29) is 6.10 Å². The minimum atomic E-state index is 0.129. The van der Waals surface area contributed by atoms with Gasteiger partial charge in [-0.1, -0.05) is 18.5 Å².